The lowest BCUT2D eigenvalue weighted by atomic mass is 10.1. The lowest BCUT2D eigenvalue weighted by molar-refractivity contribution is -0.134. The molecule has 0 fully saturated rings. The maximum atomic E-state index is 11.5. The lowest BCUT2D eigenvalue weighted by Gasteiger charge is -2.08. The summed E-state index contributed by atoms with van der Waals surface area (Å²) in [6, 6.07) is 14.8. The van der Waals surface area contributed by atoms with Crippen LogP contribution in [0.15, 0.2) is 54.3 Å². The molecule has 0 saturated carbocycles. The van der Waals surface area contributed by atoms with E-state index in [1.807, 2.05) is 36.4 Å². The van der Waals surface area contributed by atoms with Crippen molar-refractivity contribution in [1.82, 2.24) is 0 Å². The predicted octanol–water partition coefficient (Wildman–Crippen LogP) is 5.71. The van der Waals surface area contributed by atoms with Crippen LogP contribution in [0.3, 0.4) is 0 Å². The van der Waals surface area contributed by atoms with Gasteiger partial charge >= 0.3 is 5.97 Å². The van der Waals surface area contributed by atoms with Crippen molar-refractivity contribution in [3.63, 3.8) is 0 Å². The molecule has 0 unspecified atom stereocenters. The summed E-state index contributed by atoms with van der Waals surface area (Å²) in [5.41, 5.74) is 1.92. The summed E-state index contributed by atoms with van der Waals surface area (Å²) in [5.74, 6) is 0.0720. The van der Waals surface area contributed by atoms with Gasteiger partial charge in [0.25, 0.3) is 0 Å². The number of benzene rings is 2. The van der Waals surface area contributed by atoms with E-state index >= 15 is 0 Å². The molecule has 0 aliphatic heterocycles. The van der Waals surface area contributed by atoms with Crippen LogP contribution >= 0.6 is 0 Å². The highest BCUT2D eigenvalue weighted by molar-refractivity contribution is 5.90. The Morgan fingerprint density at radius 3 is 2.19 bits per heavy atom. The minimum atomic E-state index is -1.11. The number of carboxylic acid groups (broad SMARTS) is 1. The van der Waals surface area contributed by atoms with Gasteiger partial charge in [-0.3, -0.25) is 0 Å². The molecule has 0 spiro atoms. The van der Waals surface area contributed by atoms with Gasteiger partial charge in [0.2, 0.25) is 5.76 Å². The third-order valence-electron chi connectivity index (χ3n) is 4.21. The Labute approximate surface area is 161 Å². The second kappa shape index (κ2) is 11.1. The van der Waals surface area contributed by atoms with E-state index in [9.17, 15) is 9.90 Å². The van der Waals surface area contributed by atoms with E-state index in [1.165, 1.54) is 30.9 Å². The SMILES string of the molecule is CCCCCCOc1ccc(C=C(Oc2ccc(CC)cc2)C(=O)O)cc1. The van der Waals surface area contributed by atoms with Crippen LogP contribution in [-0.2, 0) is 11.2 Å². The Hall–Kier alpha value is -2.75. The molecule has 144 valence electrons. The number of unbranched alkanes of at least 4 members (excludes halogenated alkanes) is 3. The van der Waals surface area contributed by atoms with E-state index in [-0.39, 0.29) is 5.76 Å². The molecule has 0 aliphatic rings. The number of aryl methyl sites for hydroxylation is 1. The van der Waals surface area contributed by atoms with Crippen molar-refractivity contribution >= 4 is 12.0 Å². The van der Waals surface area contributed by atoms with Gasteiger partial charge in [-0.1, -0.05) is 57.4 Å². The van der Waals surface area contributed by atoms with E-state index in [2.05, 4.69) is 13.8 Å². The average molecular weight is 368 g/mol. The molecule has 0 amide bonds. The molecule has 0 radical (unpaired) electrons. The van der Waals surface area contributed by atoms with Crippen molar-refractivity contribution in [1.29, 1.82) is 0 Å². The summed E-state index contributed by atoms with van der Waals surface area (Å²) < 4.78 is 11.3. The molecule has 2 aromatic rings. The van der Waals surface area contributed by atoms with Gasteiger partial charge in [-0.05, 0) is 54.3 Å². The van der Waals surface area contributed by atoms with Crippen LogP contribution in [-0.4, -0.2) is 17.7 Å². The van der Waals surface area contributed by atoms with Gasteiger partial charge in [-0.2, -0.15) is 0 Å². The van der Waals surface area contributed by atoms with Gasteiger partial charge in [0.1, 0.15) is 11.5 Å². The van der Waals surface area contributed by atoms with Gasteiger partial charge in [0.05, 0.1) is 6.61 Å². The molecular weight excluding hydrogens is 340 g/mol. The topological polar surface area (TPSA) is 55.8 Å². The average Bonchev–Trinajstić information content (AvgIpc) is 2.69. The molecule has 0 saturated heterocycles. The summed E-state index contributed by atoms with van der Waals surface area (Å²) in [6.07, 6.45) is 7.10. The molecular formula is C23H28O4. The third-order valence-corrected chi connectivity index (χ3v) is 4.21. The fraction of sp³-hybridized carbons (Fsp3) is 0.348. The normalized spacial score (nSPS) is 11.3. The number of rotatable bonds is 11. The molecule has 4 nitrogen and oxygen atoms in total. The molecule has 2 aromatic carbocycles. The number of carboxylic acids is 1. The van der Waals surface area contributed by atoms with E-state index in [1.54, 1.807) is 12.1 Å². The molecule has 0 aliphatic carbocycles. The number of ether oxygens (including phenoxy) is 2. The zero-order chi connectivity index (χ0) is 19.5. The van der Waals surface area contributed by atoms with Gasteiger partial charge in [-0.25, -0.2) is 4.79 Å². The van der Waals surface area contributed by atoms with Gasteiger partial charge in [0, 0.05) is 0 Å². The van der Waals surface area contributed by atoms with Crippen molar-refractivity contribution < 1.29 is 19.4 Å². The van der Waals surface area contributed by atoms with Crippen LogP contribution in [0.5, 0.6) is 11.5 Å². The summed E-state index contributed by atoms with van der Waals surface area (Å²) in [4.78, 5) is 11.5. The summed E-state index contributed by atoms with van der Waals surface area (Å²) in [7, 11) is 0. The first-order valence-corrected chi connectivity index (χ1v) is 9.57. The number of hydrogen-bond donors (Lipinski definition) is 1. The molecule has 27 heavy (non-hydrogen) atoms. The number of aliphatic carboxylic acids is 1. The number of hydrogen-bond acceptors (Lipinski definition) is 3. The standard InChI is InChI=1S/C23H28O4/c1-3-5-6-7-16-26-20-12-10-19(11-13-20)17-22(23(24)25)27-21-14-8-18(4-2)9-15-21/h8-15,17H,3-7,16H2,1-2H3,(H,24,25). The zero-order valence-corrected chi connectivity index (χ0v) is 16.1. The zero-order valence-electron chi connectivity index (χ0n) is 16.1. The molecule has 4 heteroatoms. The van der Waals surface area contributed by atoms with Crippen molar-refractivity contribution in [3.8, 4) is 11.5 Å². The third kappa shape index (κ3) is 7.18. The van der Waals surface area contributed by atoms with Gasteiger partial charge in [-0.15, -0.1) is 0 Å². The Morgan fingerprint density at radius 2 is 1.59 bits per heavy atom. The highest BCUT2D eigenvalue weighted by Gasteiger charge is 2.10. The Morgan fingerprint density at radius 1 is 0.926 bits per heavy atom. The molecule has 1 N–H and O–H groups in total. The van der Waals surface area contributed by atoms with E-state index in [0.29, 0.717) is 12.4 Å². The Kier molecular flexibility index (Phi) is 8.43. The second-order valence-corrected chi connectivity index (χ2v) is 6.39. The lowest BCUT2D eigenvalue weighted by Crippen LogP contribution is -2.07. The predicted molar refractivity (Wildman–Crippen MR) is 108 cm³/mol. The molecule has 0 heterocycles. The van der Waals surface area contributed by atoms with E-state index in [4.69, 9.17) is 9.47 Å². The maximum Gasteiger partial charge on any atom is 0.371 e. The molecule has 0 aromatic heterocycles. The van der Waals surface area contributed by atoms with Crippen LogP contribution < -0.4 is 9.47 Å². The smallest absolute Gasteiger partial charge is 0.371 e. The van der Waals surface area contributed by atoms with E-state index in [0.717, 1.165) is 24.2 Å². The van der Waals surface area contributed by atoms with Crippen molar-refractivity contribution in [3.05, 3.63) is 65.4 Å². The minimum Gasteiger partial charge on any atom is -0.494 e. The fourth-order valence-electron chi connectivity index (χ4n) is 2.59. The molecule has 2 rings (SSSR count). The molecule has 0 bridgehead atoms. The minimum absolute atomic E-state index is 0.118. The summed E-state index contributed by atoms with van der Waals surface area (Å²) >= 11 is 0. The monoisotopic (exact) mass is 368 g/mol. The van der Waals surface area contributed by atoms with E-state index < -0.39 is 5.97 Å². The van der Waals surface area contributed by atoms with Crippen LogP contribution in [0.25, 0.3) is 6.08 Å². The highest BCUT2D eigenvalue weighted by atomic mass is 16.5. The molecule has 0 atom stereocenters. The van der Waals surface area contributed by atoms with Crippen molar-refractivity contribution in [2.24, 2.45) is 0 Å². The van der Waals surface area contributed by atoms with Crippen LogP contribution in [0, 0.1) is 0 Å². The largest absolute Gasteiger partial charge is 0.494 e. The maximum absolute atomic E-state index is 11.5. The van der Waals surface area contributed by atoms with Crippen LogP contribution in [0.2, 0.25) is 0 Å². The van der Waals surface area contributed by atoms with Crippen LogP contribution in [0.1, 0.15) is 50.7 Å². The quantitative estimate of drug-likeness (QED) is 0.313. The summed E-state index contributed by atoms with van der Waals surface area (Å²) in [5, 5.41) is 9.42. The second-order valence-electron chi connectivity index (χ2n) is 6.39. The summed E-state index contributed by atoms with van der Waals surface area (Å²) in [6.45, 7) is 4.95. The van der Waals surface area contributed by atoms with Crippen molar-refractivity contribution in [2.75, 3.05) is 6.61 Å². The first-order valence-electron chi connectivity index (χ1n) is 9.57. The first kappa shape index (κ1) is 20.6. The Bertz CT molecular complexity index is 730. The Balaban J connectivity index is 1.98. The van der Waals surface area contributed by atoms with Gasteiger partial charge < -0.3 is 14.6 Å². The highest BCUT2D eigenvalue weighted by Crippen LogP contribution is 2.19. The van der Waals surface area contributed by atoms with Gasteiger partial charge in [0.15, 0.2) is 0 Å². The fourth-order valence-corrected chi connectivity index (χ4v) is 2.59. The van der Waals surface area contributed by atoms with Crippen LogP contribution in [0.4, 0.5) is 0 Å². The number of carbonyl (C=O) groups is 1. The van der Waals surface area contributed by atoms with Crippen molar-refractivity contribution in [2.45, 2.75) is 46.0 Å². The first-order chi connectivity index (χ1) is 13.1.